The van der Waals surface area contributed by atoms with Gasteiger partial charge in [-0.05, 0) is 31.0 Å². The quantitative estimate of drug-likeness (QED) is 0.771. The van der Waals surface area contributed by atoms with E-state index in [1.807, 2.05) is 4.90 Å². The number of carbonyl (C=O) groups excluding carboxylic acids is 1. The van der Waals surface area contributed by atoms with Gasteiger partial charge in [-0.15, -0.1) is 0 Å². The first-order valence-corrected chi connectivity index (χ1v) is 8.76. The third-order valence-electron chi connectivity index (χ3n) is 3.67. The average molecular weight is 384 g/mol. The van der Waals surface area contributed by atoms with Crippen LogP contribution >= 0.6 is 46.4 Å². The van der Waals surface area contributed by atoms with E-state index in [1.165, 1.54) is 0 Å². The zero-order valence-corrected chi connectivity index (χ0v) is 15.0. The Morgan fingerprint density at radius 1 is 1.14 bits per heavy atom. The second-order valence-electron chi connectivity index (χ2n) is 5.38. The van der Waals surface area contributed by atoms with Crippen molar-refractivity contribution >= 4 is 52.3 Å². The summed E-state index contributed by atoms with van der Waals surface area (Å²) in [5.74, 6) is -0.303. The molecule has 1 atom stereocenters. The molecule has 0 aliphatic carbocycles. The summed E-state index contributed by atoms with van der Waals surface area (Å²) in [5, 5.41) is 3.32. The largest absolute Gasteiger partial charge is 0.332 e. The SMILES string of the molecule is O=C(NC(N1CCCCCC1)C(Cl)(Cl)Cl)c1cccc(Cl)c1. The van der Waals surface area contributed by atoms with E-state index in [2.05, 4.69) is 5.32 Å². The molecule has 0 radical (unpaired) electrons. The van der Waals surface area contributed by atoms with Gasteiger partial charge in [0.25, 0.3) is 5.91 Å². The highest BCUT2D eigenvalue weighted by Gasteiger charge is 2.38. The topological polar surface area (TPSA) is 32.3 Å². The van der Waals surface area contributed by atoms with Crippen LogP contribution in [-0.4, -0.2) is 33.9 Å². The smallest absolute Gasteiger partial charge is 0.252 e. The van der Waals surface area contributed by atoms with E-state index in [9.17, 15) is 4.79 Å². The van der Waals surface area contributed by atoms with Crippen LogP contribution in [0.1, 0.15) is 36.0 Å². The number of alkyl halides is 3. The third-order valence-corrected chi connectivity index (χ3v) is 4.53. The molecule has 0 spiro atoms. The molecule has 0 aromatic heterocycles. The van der Waals surface area contributed by atoms with Crippen molar-refractivity contribution in [1.82, 2.24) is 10.2 Å². The van der Waals surface area contributed by atoms with Crippen molar-refractivity contribution in [2.75, 3.05) is 13.1 Å². The fraction of sp³-hybridized carbons (Fsp3) is 0.533. The first-order valence-electron chi connectivity index (χ1n) is 7.25. The molecule has 1 heterocycles. The molecule has 22 heavy (non-hydrogen) atoms. The van der Waals surface area contributed by atoms with Gasteiger partial charge in [0.2, 0.25) is 3.79 Å². The van der Waals surface area contributed by atoms with Gasteiger partial charge in [-0.2, -0.15) is 0 Å². The van der Waals surface area contributed by atoms with E-state index in [0.29, 0.717) is 10.6 Å². The molecule has 7 heteroatoms. The number of nitrogens with one attached hydrogen (secondary N) is 1. The zero-order chi connectivity index (χ0) is 16.2. The van der Waals surface area contributed by atoms with Gasteiger partial charge in [0, 0.05) is 23.7 Å². The van der Waals surface area contributed by atoms with Gasteiger partial charge < -0.3 is 5.32 Å². The average Bonchev–Trinajstić information content (AvgIpc) is 2.72. The summed E-state index contributed by atoms with van der Waals surface area (Å²) in [7, 11) is 0. The van der Waals surface area contributed by atoms with E-state index in [-0.39, 0.29) is 5.91 Å². The molecular formula is C15H18Cl4N2O. The molecule has 1 aliphatic rings. The molecule has 3 nitrogen and oxygen atoms in total. The highest BCUT2D eigenvalue weighted by molar-refractivity contribution is 6.68. The molecule has 0 bridgehead atoms. The highest BCUT2D eigenvalue weighted by atomic mass is 35.6. The van der Waals surface area contributed by atoms with Crippen LogP contribution in [0.3, 0.4) is 0 Å². The molecule has 1 N–H and O–H groups in total. The lowest BCUT2D eigenvalue weighted by Gasteiger charge is -2.35. The monoisotopic (exact) mass is 382 g/mol. The minimum atomic E-state index is -1.60. The number of likely N-dealkylation sites (tertiary alicyclic amines) is 1. The number of carbonyl (C=O) groups is 1. The van der Waals surface area contributed by atoms with Gasteiger partial charge in [0.15, 0.2) is 0 Å². The predicted molar refractivity (Wildman–Crippen MR) is 93.0 cm³/mol. The van der Waals surface area contributed by atoms with Gasteiger partial charge in [-0.1, -0.05) is 65.3 Å². The van der Waals surface area contributed by atoms with Crippen LogP contribution in [0, 0.1) is 0 Å². The number of nitrogens with zero attached hydrogens (tertiary/aromatic N) is 1. The fourth-order valence-electron chi connectivity index (χ4n) is 2.57. The maximum Gasteiger partial charge on any atom is 0.252 e. The number of amides is 1. The molecule has 0 saturated carbocycles. The van der Waals surface area contributed by atoms with Crippen LogP contribution < -0.4 is 5.32 Å². The summed E-state index contributed by atoms with van der Waals surface area (Å²) in [5.41, 5.74) is 0.446. The van der Waals surface area contributed by atoms with Gasteiger partial charge in [0.05, 0.1) is 0 Å². The molecule has 1 saturated heterocycles. The van der Waals surface area contributed by atoms with Crippen LogP contribution in [0.5, 0.6) is 0 Å². The third kappa shape index (κ3) is 5.17. The van der Waals surface area contributed by atoms with Gasteiger partial charge in [-0.25, -0.2) is 0 Å². The summed E-state index contributed by atoms with van der Waals surface area (Å²) < 4.78 is -1.60. The van der Waals surface area contributed by atoms with Crippen molar-refractivity contribution in [3.05, 3.63) is 34.9 Å². The van der Waals surface area contributed by atoms with Crippen LogP contribution in [-0.2, 0) is 0 Å². The molecule has 1 aromatic carbocycles. The Morgan fingerprint density at radius 3 is 2.32 bits per heavy atom. The Morgan fingerprint density at radius 2 is 1.77 bits per heavy atom. The van der Waals surface area contributed by atoms with Crippen molar-refractivity contribution in [2.45, 2.75) is 35.6 Å². The Labute approximate surface area is 150 Å². The van der Waals surface area contributed by atoms with Crippen LogP contribution in [0.25, 0.3) is 0 Å². The van der Waals surface area contributed by atoms with Crippen LogP contribution in [0.4, 0.5) is 0 Å². The minimum absolute atomic E-state index is 0.303. The first-order chi connectivity index (χ1) is 10.4. The molecule has 1 aliphatic heterocycles. The number of rotatable bonds is 3. The van der Waals surface area contributed by atoms with E-state index in [0.717, 1.165) is 38.8 Å². The predicted octanol–water partition coefficient (Wildman–Crippen LogP) is 4.64. The second kappa shape index (κ2) is 8.07. The van der Waals surface area contributed by atoms with Crippen molar-refractivity contribution in [3.8, 4) is 0 Å². The minimum Gasteiger partial charge on any atom is -0.332 e. The zero-order valence-electron chi connectivity index (χ0n) is 12.0. The molecule has 122 valence electrons. The van der Waals surface area contributed by atoms with E-state index < -0.39 is 9.96 Å². The summed E-state index contributed by atoms with van der Waals surface area (Å²) in [6, 6.07) is 6.70. The van der Waals surface area contributed by atoms with Crippen LogP contribution in [0.2, 0.25) is 5.02 Å². The van der Waals surface area contributed by atoms with Crippen molar-refractivity contribution in [3.63, 3.8) is 0 Å². The molecule has 2 rings (SSSR count). The van der Waals surface area contributed by atoms with Gasteiger partial charge >= 0.3 is 0 Å². The normalized spacial score (nSPS) is 18.5. The standard InChI is InChI=1S/C15H18Cl4N2O/c16-12-7-5-6-11(10-12)13(22)20-14(15(17,18)19)21-8-3-1-2-4-9-21/h5-7,10,14H,1-4,8-9H2,(H,20,22). The molecule has 1 fully saturated rings. The number of halogens is 4. The molecule has 1 unspecified atom stereocenters. The summed E-state index contributed by atoms with van der Waals surface area (Å²) in [6.45, 7) is 1.60. The summed E-state index contributed by atoms with van der Waals surface area (Å²) >= 11 is 24.2. The molecule has 1 aromatic rings. The van der Waals surface area contributed by atoms with Gasteiger partial charge in [-0.3, -0.25) is 9.69 Å². The lowest BCUT2D eigenvalue weighted by Crippen LogP contribution is -2.55. The van der Waals surface area contributed by atoms with E-state index in [4.69, 9.17) is 46.4 Å². The number of hydrogen-bond donors (Lipinski definition) is 1. The lowest BCUT2D eigenvalue weighted by molar-refractivity contribution is 0.0853. The number of hydrogen-bond acceptors (Lipinski definition) is 2. The Balaban J connectivity index is 2.14. The van der Waals surface area contributed by atoms with E-state index in [1.54, 1.807) is 24.3 Å². The Kier molecular flexibility index (Phi) is 6.66. The highest BCUT2D eigenvalue weighted by Crippen LogP contribution is 2.33. The summed E-state index contributed by atoms with van der Waals surface area (Å²) in [6.07, 6.45) is 3.72. The molecule has 1 amide bonds. The van der Waals surface area contributed by atoms with E-state index >= 15 is 0 Å². The second-order valence-corrected chi connectivity index (χ2v) is 8.18. The number of benzene rings is 1. The van der Waals surface area contributed by atoms with Crippen LogP contribution in [0.15, 0.2) is 24.3 Å². The summed E-state index contributed by atoms with van der Waals surface area (Å²) in [4.78, 5) is 14.4. The fourth-order valence-corrected chi connectivity index (χ4v) is 3.34. The van der Waals surface area contributed by atoms with Crippen molar-refractivity contribution in [2.24, 2.45) is 0 Å². The van der Waals surface area contributed by atoms with Gasteiger partial charge in [0.1, 0.15) is 6.17 Å². The maximum absolute atomic E-state index is 12.4. The van der Waals surface area contributed by atoms with Crippen molar-refractivity contribution in [1.29, 1.82) is 0 Å². The molecular weight excluding hydrogens is 366 g/mol. The maximum atomic E-state index is 12.4. The lowest BCUT2D eigenvalue weighted by atomic mass is 10.2. The first kappa shape index (κ1) is 18.2. The van der Waals surface area contributed by atoms with Crippen molar-refractivity contribution < 1.29 is 4.79 Å². The Bertz CT molecular complexity index is 511. The Hall–Kier alpha value is -0.190.